The fraction of sp³-hybridized carbons (Fsp3) is 1.00. The second-order valence-electron chi connectivity index (χ2n) is 5.39. The van der Waals surface area contributed by atoms with E-state index < -0.39 is 31.1 Å². The summed E-state index contributed by atoms with van der Waals surface area (Å²) in [4.78, 5) is 10.6. The Morgan fingerprint density at radius 2 is 1.62 bits per heavy atom. The topological polar surface area (TPSA) is 116 Å². The maximum atomic E-state index is 10.6. The lowest BCUT2D eigenvalue weighted by Gasteiger charge is -2.35. The molecule has 0 saturated carbocycles. The second-order valence-corrected chi connectivity index (χ2v) is 5.39. The molecule has 0 aromatic rings. The number of ether oxygens (including phenoxy) is 5. The molecule has 0 spiro atoms. The minimum Gasteiger partial charge on any atom is -0.394 e. The van der Waals surface area contributed by atoms with Crippen LogP contribution in [-0.2, 0) is 23.7 Å². The number of aliphatic hydroxyl groups is 2. The van der Waals surface area contributed by atoms with E-state index in [1.54, 1.807) is 0 Å². The van der Waals surface area contributed by atoms with Gasteiger partial charge < -0.3 is 33.9 Å². The SMILES string of the molecule is CCCOCCOCCOCCOC1CC(O)C(N=O)C(CO)O1. The van der Waals surface area contributed by atoms with Gasteiger partial charge in [-0.3, -0.25) is 0 Å². The molecular formula is C15H29NO8. The van der Waals surface area contributed by atoms with Gasteiger partial charge in [0, 0.05) is 13.0 Å². The van der Waals surface area contributed by atoms with Crippen LogP contribution in [0.1, 0.15) is 19.8 Å². The van der Waals surface area contributed by atoms with E-state index in [9.17, 15) is 10.0 Å². The highest BCUT2D eigenvalue weighted by molar-refractivity contribution is 4.88. The predicted octanol–water partition coefficient (Wildman–Crippen LogP) is 0.0660. The van der Waals surface area contributed by atoms with E-state index in [2.05, 4.69) is 12.1 Å². The number of nitrogens with zero attached hydrogens (tertiary/aromatic N) is 1. The van der Waals surface area contributed by atoms with Gasteiger partial charge in [-0.1, -0.05) is 12.1 Å². The molecule has 0 aliphatic carbocycles. The highest BCUT2D eigenvalue weighted by Gasteiger charge is 2.39. The lowest BCUT2D eigenvalue weighted by atomic mass is 10.00. The monoisotopic (exact) mass is 351 g/mol. The summed E-state index contributed by atoms with van der Waals surface area (Å²) in [6, 6.07) is -0.968. The van der Waals surface area contributed by atoms with Crippen molar-refractivity contribution in [3.8, 4) is 0 Å². The molecule has 1 aliphatic heterocycles. The third kappa shape index (κ3) is 8.43. The van der Waals surface area contributed by atoms with Gasteiger partial charge in [-0.2, -0.15) is 4.91 Å². The van der Waals surface area contributed by atoms with Gasteiger partial charge in [0.2, 0.25) is 0 Å². The van der Waals surface area contributed by atoms with Crippen molar-refractivity contribution in [1.82, 2.24) is 0 Å². The van der Waals surface area contributed by atoms with Gasteiger partial charge in [0.05, 0.1) is 52.4 Å². The standard InChI is InChI=1S/C15H29NO8/c1-2-3-20-4-5-21-6-7-22-8-9-23-14-10-12(18)15(16-19)13(11-17)24-14/h12-15,17-18H,2-11H2,1H3. The van der Waals surface area contributed by atoms with Crippen molar-refractivity contribution >= 4 is 0 Å². The van der Waals surface area contributed by atoms with Crippen molar-refractivity contribution in [2.75, 3.05) is 52.9 Å². The van der Waals surface area contributed by atoms with Crippen LogP contribution < -0.4 is 0 Å². The Bertz CT molecular complexity index is 320. The molecule has 4 unspecified atom stereocenters. The van der Waals surface area contributed by atoms with Crippen molar-refractivity contribution in [1.29, 1.82) is 0 Å². The largest absolute Gasteiger partial charge is 0.394 e. The fourth-order valence-electron chi connectivity index (χ4n) is 2.24. The lowest BCUT2D eigenvalue weighted by Crippen LogP contribution is -2.49. The smallest absolute Gasteiger partial charge is 0.160 e. The summed E-state index contributed by atoms with van der Waals surface area (Å²) in [5, 5.41) is 21.7. The third-order valence-electron chi connectivity index (χ3n) is 3.46. The van der Waals surface area contributed by atoms with Gasteiger partial charge in [-0.05, 0) is 6.42 Å². The summed E-state index contributed by atoms with van der Waals surface area (Å²) in [5.41, 5.74) is 0. The van der Waals surface area contributed by atoms with Crippen LogP contribution in [0.2, 0.25) is 0 Å². The minimum atomic E-state index is -0.984. The summed E-state index contributed by atoms with van der Waals surface area (Å²) in [6.45, 7) is 5.08. The van der Waals surface area contributed by atoms with E-state index in [1.807, 2.05) is 0 Å². The zero-order chi connectivity index (χ0) is 17.6. The van der Waals surface area contributed by atoms with Gasteiger partial charge in [-0.25, -0.2) is 0 Å². The first kappa shape index (κ1) is 21.4. The highest BCUT2D eigenvalue weighted by Crippen LogP contribution is 2.23. The maximum absolute atomic E-state index is 10.6. The number of hydrogen-bond acceptors (Lipinski definition) is 9. The molecule has 4 atom stereocenters. The van der Waals surface area contributed by atoms with Crippen molar-refractivity contribution in [3.05, 3.63) is 4.91 Å². The number of nitroso groups, excluding NO2 is 1. The van der Waals surface area contributed by atoms with Crippen LogP contribution in [0, 0.1) is 4.91 Å². The number of aliphatic hydroxyl groups excluding tert-OH is 2. The maximum Gasteiger partial charge on any atom is 0.160 e. The van der Waals surface area contributed by atoms with E-state index in [0.717, 1.165) is 13.0 Å². The molecule has 1 heterocycles. The van der Waals surface area contributed by atoms with Gasteiger partial charge >= 0.3 is 0 Å². The van der Waals surface area contributed by atoms with E-state index in [4.69, 9.17) is 28.8 Å². The first-order valence-corrected chi connectivity index (χ1v) is 8.34. The average molecular weight is 351 g/mol. The first-order chi connectivity index (χ1) is 11.7. The Morgan fingerprint density at radius 3 is 2.17 bits per heavy atom. The molecule has 0 aromatic carbocycles. The number of hydrogen-bond donors (Lipinski definition) is 2. The van der Waals surface area contributed by atoms with Crippen LogP contribution in [0.25, 0.3) is 0 Å². The van der Waals surface area contributed by atoms with Crippen LogP contribution in [0.3, 0.4) is 0 Å². The van der Waals surface area contributed by atoms with Crippen LogP contribution >= 0.6 is 0 Å². The molecule has 2 N–H and O–H groups in total. The van der Waals surface area contributed by atoms with Crippen LogP contribution in [0.15, 0.2) is 5.18 Å². The van der Waals surface area contributed by atoms with Gasteiger partial charge in [-0.15, -0.1) is 0 Å². The zero-order valence-corrected chi connectivity index (χ0v) is 14.2. The van der Waals surface area contributed by atoms with E-state index >= 15 is 0 Å². The third-order valence-corrected chi connectivity index (χ3v) is 3.46. The van der Waals surface area contributed by atoms with E-state index in [1.165, 1.54) is 0 Å². The summed E-state index contributed by atoms with van der Waals surface area (Å²) in [6.07, 6.45) is -1.39. The van der Waals surface area contributed by atoms with Crippen molar-refractivity contribution in [2.45, 2.75) is 44.3 Å². The molecule has 1 rings (SSSR count). The second kappa shape index (κ2) is 13.6. The molecule has 1 fully saturated rings. The summed E-state index contributed by atoms with van der Waals surface area (Å²) < 4.78 is 26.8. The highest BCUT2D eigenvalue weighted by atomic mass is 16.7. The summed E-state index contributed by atoms with van der Waals surface area (Å²) >= 11 is 0. The van der Waals surface area contributed by atoms with Gasteiger partial charge in [0.25, 0.3) is 0 Å². The Balaban J connectivity index is 1.98. The molecule has 1 aliphatic rings. The average Bonchev–Trinajstić information content (AvgIpc) is 2.59. The molecule has 0 amide bonds. The minimum absolute atomic E-state index is 0.133. The first-order valence-electron chi connectivity index (χ1n) is 8.34. The molecule has 9 heteroatoms. The Labute approximate surface area is 142 Å². The summed E-state index contributed by atoms with van der Waals surface area (Å²) in [5.74, 6) is 0. The molecule has 0 bridgehead atoms. The Morgan fingerprint density at radius 1 is 1.04 bits per heavy atom. The van der Waals surface area contributed by atoms with Gasteiger partial charge in [0.1, 0.15) is 12.1 Å². The number of rotatable bonds is 14. The van der Waals surface area contributed by atoms with Crippen LogP contribution in [0.4, 0.5) is 0 Å². The fourth-order valence-corrected chi connectivity index (χ4v) is 2.24. The Hall–Kier alpha value is -0.680. The molecular weight excluding hydrogens is 322 g/mol. The molecule has 142 valence electrons. The van der Waals surface area contributed by atoms with E-state index in [0.29, 0.717) is 33.0 Å². The van der Waals surface area contributed by atoms with E-state index in [-0.39, 0.29) is 13.0 Å². The summed E-state index contributed by atoms with van der Waals surface area (Å²) in [7, 11) is 0. The molecule has 0 radical (unpaired) electrons. The predicted molar refractivity (Wildman–Crippen MR) is 84.7 cm³/mol. The Kier molecular flexibility index (Phi) is 12.1. The van der Waals surface area contributed by atoms with Gasteiger partial charge in [0.15, 0.2) is 6.29 Å². The van der Waals surface area contributed by atoms with Crippen LogP contribution in [-0.4, -0.2) is 87.6 Å². The lowest BCUT2D eigenvalue weighted by molar-refractivity contribution is -0.231. The quantitative estimate of drug-likeness (QED) is 0.333. The normalized spacial score (nSPS) is 27.3. The van der Waals surface area contributed by atoms with Crippen molar-refractivity contribution in [3.63, 3.8) is 0 Å². The zero-order valence-electron chi connectivity index (χ0n) is 14.2. The molecule has 0 aromatic heterocycles. The molecule has 1 saturated heterocycles. The van der Waals surface area contributed by atoms with Crippen LogP contribution in [0.5, 0.6) is 0 Å². The molecule has 24 heavy (non-hydrogen) atoms. The van der Waals surface area contributed by atoms with Crippen molar-refractivity contribution in [2.24, 2.45) is 5.18 Å². The van der Waals surface area contributed by atoms with Crippen molar-refractivity contribution < 1.29 is 33.9 Å². The molecule has 9 nitrogen and oxygen atoms in total.